The topological polar surface area (TPSA) is 65.1 Å². The zero-order valence-corrected chi connectivity index (χ0v) is 24.1. The summed E-state index contributed by atoms with van der Waals surface area (Å²) in [7, 11) is 3.19. The fourth-order valence-corrected chi connectivity index (χ4v) is 4.61. The number of likely N-dealkylation sites (N-methyl/N-ethyl adjacent to an activating group) is 1. The average Bonchev–Trinajstić information content (AvgIpc) is 2.93. The van der Waals surface area contributed by atoms with Gasteiger partial charge in [-0.15, -0.1) is 0 Å². The molecule has 1 heterocycles. The minimum Gasteiger partial charge on any atom is -0.495 e. The number of rotatable bonds is 11. The number of nitrogens with one attached hydrogen (secondary N) is 1. The summed E-state index contributed by atoms with van der Waals surface area (Å²) >= 11 is 6.41. The fraction of sp³-hybridized carbons (Fsp3) is 0.400. The Hall–Kier alpha value is -3.20. The summed E-state index contributed by atoms with van der Waals surface area (Å²) in [5.41, 5.74) is 2.18. The SMILES string of the molecule is CC/C=C(\C=C\c1cc(OC)c(Cl)cc1N(C=O)C(=O)C(C)(C)NC)N1CCN(Cc2ccc(F)cc2)CC1. The summed E-state index contributed by atoms with van der Waals surface area (Å²) in [5.74, 6) is -0.184. The van der Waals surface area contributed by atoms with Crippen molar-refractivity contribution in [2.45, 2.75) is 39.3 Å². The Kier molecular flexibility index (Phi) is 10.7. The van der Waals surface area contributed by atoms with Gasteiger partial charge in [0.05, 0.1) is 23.4 Å². The Morgan fingerprint density at radius 2 is 1.85 bits per heavy atom. The van der Waals surface area contributed by atoms with E-state index in [4.69, 9.17) is 16.3 Å². The lowest BCUT2D eigenvalue weighted by Crippen LogP contribution is -2.52. The van der Waals surface area contributed by atoms with Crippen molar-refractivity contribution in [3.8, 4) is 5.75 Å². The number of nitrogens with zero attached hydrogens (tertiary/aromatic N) is 3. The van der Waals surface area contributed by atoms with Crippen molar-refractivity contribution >= 4 is 35.7 Å². The summed E-state index contributed by atoms with van der Waals surface area (Å²) in [6.07, 6.45) is 7.41. The fourth-order valence-electron chi connectivity index (χ4n) is 4.38. The minimum atomic E-state index is -0.963. The molecule has 3 rings (SSSR count). The van der Waals surface area contributed by atoms with Crippen LogP contribution < -0.4 is 15.0 Å². The molecule has 9 heteroatoms. The van der Waals surface area contributed by atoms with E-state index in [9.17, 15) is 14.0 Å². The highest BCUT2D eigenvalue weighted by Crippen LogP contribution is 2.35. The van der Waals surface area contributed by atoms with E-state index in [2.05, 4.69) is 28.1 Å². The first-order valence-electron chi connectivity index (χ1n) is 13.1. The highest BCUT2D eigenvalue weighted by atomic mass is 35.5. The summed E-state index contributed by atoms with van der Waals surface area (Å²) in [6.45, 7) is 9.71. The number of imide groups is 1. The number of hydrogen-bond donors (Lipinski definition) is 1. The molecular weight excluding hydrogens is 519 g/mol. The molecule has 0 spiro atoms. The summed E-state index contributed by atoms with van der Waals surface area (Å²) in [5, 5.41) is 3.25. The Bertz CT molecular complexity index is 1210. The van der Waals surface area contributed by atoms with E-state index < -0.39 is 11.4 Å². The molecule has 210 valence electrons. The van der Waals surface area contributed by atoms with Gasteiger partial charge in [0, 0.05) is 44.0 Å². The Morgan fingerprint density at radius 1 is 1.18 bits per heavy atom. The van der Waals surface area contributed by atoms with Gasteiger partial charge in [0.2, 0.25) is 6.41 Å². The van der Waals surface area contributed by atoms with Crippen molar-refractivity contribution in [3.63, 3.8) is 0 Å². The van der Waals surface area contributed by atoms with Gasteiger partial charge in [-0.05, 0) is 63.2 Å². The van der Waals surface area contributed by atoms with Gasteiger partial charge in [0.25, 0.3) is 5.91 Å². The van der Waals surface area contributed by atoms with Crippen LogP contribution in [0.4, 0.5) is 10.1 Å². The van der Waals surface area contributed by atoms with Gasteiger partial charge in [0.15, 0.2) is 0 Å². The second kappa shape index (κ2) is 13.7. The standard InChI is InChI=1S/C30H38ClFN4O3/c1-6-7-25(35-16-14-34(15-17-35)20-22-8-11-24(32)12-9-22)13-10-23-18-28(39-5)26(31)19-27(23)36(21-37)29(38)30(2,3)33-4/h7-13,18-19,21,33H,6,14-17,20H2,1-5H3/b13-10+,25-7+. The first kappa shape index (κ1) is 30.3. The molecule has 0 bridgehead atoms. The number of benzene rings is 2. The predicted molar refractivity (Wildman–Crippen MR) is 155 cm³/mol. The van der Waals surface area contributed by atoms with Crippen LogP contribution in [0.25, 0.3) is 6.08 Å². The Morgan fingerprint density at radius 3 is 2.41 bits per heavy atom. The molecular formula is C30H38ClFN4O3. The van der Waals surface area contributed by atoms with Gasteiger partial charge in [0.1, 0.15) is 11.6 Å². The molecule has 0 aliphatic carbocycles. The number of carbonyl (C=O) groups excluding carboxylic acids is 2. The van der Waals surface area contributed by atoms with E-state index >= 15 is 0 Å². The zero-order chi connectivity index (χ0) is 28.6. The lowest BCUT2D eigenvalue weighted by atomic mass is 10.0. The number of carbonyl (C=O) groups is 2. The van der Waals surface area contributed by atoms with Crippen molar-refractivity contribution < 1.29 is 18.7 Å². The second-order valence-electron chi connectivity index (χ2n) is 9.96. The molecule has 1 saturated heterocycles. The van der Waals surface area contributed by atoms with E-state index in [-0.39, 0.29) is 5.82 Å². The van der Waals surface area contributed by atoms with Crippen LogP contribution in [0.5, 0.6) is 5.75 Å². The predicted octanol–water partition coefficient (Wildman–Crippen LogP) is 5.10. The number of methoxy groups -OCH3 is 1. The monoisotopic (exact) mass is 556 g/mol. The largest absolute Gasteiger partial charge is 0.495 e. The van der Waals surface area contributed by atoms with Gasteiger partial charge < -0.3 is 15.0 Å². The van der Waals surface area contributed by atoms with Gasteiger partial charge in [-0.3, -0.25) is 19.4 Å². The van der Waals surface area contributed by atoms with Crippen molar-refractivity contribution in [2.24, 2.45) is 0 Å². The van der Waals surface area contributed by atoms with E-state index in [1.165, 1.54) is 19.2 Å². The smallest absolute Gasteiger partial charge is 0.253 e. The first-order valence-corrected chi connectivity index (χ1v) is 13.5. The molecule has 39 heavy (non-hydrogen) atoms. The summed E-state index contributed by atoms with van der Waals surface area (Å²) < 4.78 is 18.7. The number of halogens is 2. The number of amides is 2. The molecule has 2 aromatic carbocycles. The molecule has 1 aliphatic rings. The molecule has 0 radical (unpaired) electrons. The van der Waals surface area contributed by atoms with Crippen molar-refractivity contribution in [2.75, 3.05) is 45.2 Å². The van der Waals surface area contributed by atoms with Gasteiger partial charge in [-0.2, -0.15) is 0 Å². The normalized spacial score (nSPS) is 15.1. The third-order valence-electron chi connectivity index (χ3n) is 6.95. The van der Waals surface area contributed by atoms with E-state index in [0.29, 0.717) is 28.4 Å². The molecule has 0 saturated carbocycles. The lowest BCUT2D eigenvalue weighted by molar-refractivity contribution is -0.126. The lowest BCUT2D eigenvalue weighted by Gasteiger charge is -2.36. The van der Waals surface area contributed by atoms with E-state index in [0.717, 1.165) is 55.3 Å². The Labute approximate surface area is 235 Å². The summed E-state index contributed by atoms with van der Waals surface area (Å²) in [4.78, 5) is 31.1. The molecule has 1 N–H and O–H groups in total. The third kappa shape index (κ3) is 7.68. The molecule has 0 aromatic heterocycles. The number of piperazine rings is 1. The highest BCUT2D eigenvalue weighted by Gasteiger charge is 2.32. The summed E-state index contributed by atoms with van der Waals surface area (Å²) in [6, 6.07) is 9.96. The van der Waals surface area contributed by atoms with Gasteiger partial charge >= 0.3 is 0 Å². The number of anilines is 1. The number of ether oxygens (including phenoxy) is 1. The number of allylic oxidation sites excluding steroid dienone is 2. The molecule has 1 aliphatic heterocycles. The van der Waals surface area contributed by atoms with Crippen LogP contribution in [0.3, 0.4) is 0 Å². The minimum absolute atomic E-state index is 0.225. The highest BCUT2D eigenvalue weighted by molar-refractivity contribution is 6.32. The van der Waals surface area contributed by atoms with Gasteiger partial charge in [-0.1, -0.05) is 42.8 Å². The maximum Gasteiger partial charge on any atom is 0.253 e. The number of hydrogen-bond acceptors (Lipinski definition) is 6. The molecule has 7 nitrogen and oxygen atoms in total. The van der Waals surface area contributed by atoms with Crippen LogP contribution in [-0.2, 0) is 16.1 Å². The average molecular weight is 557 g/mol. The van der Waals surface area contributed by atoms with Crippen LogP contribution in [0.15, 0.2) is 54.2 Å². The maximum atomic E-state index is 13.2. The zero-order valence-electron chi connectivity index (χ0n) is 23.3. The quantitative estimate of drug-likeness (QED) is 0.307. The van der Waals surface area contributed by atoms with Crippen molar-refractivity contribution in [1.82, 2.24) is 15.1 Å². The van der Waals surface area contributed by atoms with Crippen LogP contribution in [0, 0.1) is 5.82 Å². The molecule has 1 fully saturated rings. The molecule has 2 aromatic rings. The van der Waals surface area contributed by atoms with Gasteiger partial charge in [-0.25, -0.2) is 4.39 Å². The molecule has 2 amide bonds. The van der Waals surface area contributed by atoms with Crippen molar-refractivity contribution in [3.05, 3.63) is 76.2 Å². The second-order valence-corrected chi connectivity index (χ2v) is 10.4. The molecule has 0 atom stereocenters. The van der Waals surface area contributed by atoms with E-state index in [1.807, 2.05) is 24.3 Å². The van der Waals surface area contributed by atoms with Crippen LogP contribution in [-0.4, -0.2) is 68.0 Å². The maximum absolute atomic E-state index is 13.2. The molecule has 0 unspecified atom stereocenters. The van der Waals surface area contributed by atoms with Crippen molar-refractivity contribution in [1.29, 1.82) is 0 Å². The van der Waals surface area contributed by atoms with Crippen LogP contribution in [0.2, 0.25) is 5.02 Å². The Balaban J connectivity index is 1.84. The van der Waals surface area contributed by atoms with Crippen LogP contribution >= 0.6 is 11.6 Å². The third-order valence-corrected chi connectivity index (χ3v) is 7.24. The van der Waals surface area contributed by atoms with E-state index in [1.54, 1.807) is 33.0 Å². The first-order chi connectivity index (χ1) is 18.6. The van der Waals surface area contributed by atoms with Crippen LogP contribution in [0.1, 0.15) is 38.3 Å².